The molecule has 1 atom stereocenters. The van der Waals surface area contributed by atoms with E-state index in [0.29, 0.717) is 12.1 Å². The Morgan fingerprint density at radius 3 is 2.56 bits per heavy atom. The van der Waals surface area contributed by atoms with Crippen molar-refractivity contribution in [2.24, 2.45) is 14.1 Å². The van der Waals surface area contributed by atoms with Gasteiger partial charge >= 0.3 is 5.69 Å². The summed E-state index contributed by atoms with van der Waals surface area (Å²) in [6.45, 7) is 4.07. The quantitative estimate of drug-likeness (QED) is 0.735. The van der Waals surface area contributed by atoms with Crippen molar-refractivity contribution < 1.29 is 4.79 Å². The van der Waals surface area contributed by atoms with Gasteiger partial charge in [0.2, 0.25) is 0 Å². The molecule has 0 aromatic carbocycles. The van der Waals surface area contributed by atoms with Crippen LogP contribution in [-0.2, 0) is 14.1 Å². The van der Waals surface area contributed by atoms with E-state index in [1.54, 1.807) is 11.9 Å². The van der Waals surface area contributed by atoms with Gasteiger partial charge in [0, 0.05) is 46.0 Å². The first-order valence-corrected chi connectivity index (χ1v) is 7.49. The molecule has 1 unspecified atom stereocenters. The molecule has 1 N–H and O–H groups in total. The van der Waals surface area contributed by atoms with E-state index in [4.69, 9.17) is 0 Å². The average Bonchev–Trinajstić information content (AvgIpc) is 2.57. The molecule has 0 spiro atoms. The number of nitrogens with one attached hydrogen (secondary N) is 1. The monoisotopic (exact) mass is 389 g/mol. The molecule has 3 heterocycles. The number of amides is 1. The van der Waals surface area contributed by atoms with Crippen molar-refractivity contribution in [3.05, 3.63) is 38.7 Å². The topological polar surface area (TPSA) is 89.2 Å². The zero-order valence-corrected chi connectivity index (χ0v) is 15.8. The normalized spacial score (nSPS) is 16.9. The zero-order chi connectivity index (χ0) is 16.7. The van der Waals surface area contributed by atoms with Crippen molar-refractivity contribution in [3.8, 4) is 0 Å². The van der Waals surface area contributed by atoms with Crippen LogP contribution < -0.4 is 16.6 Å². The van der Waals surface area contributed by atoms with Crippen LogP contribution in [0, 0.1) is 0 Å². The maximum absolute atomic E-state index is 12.7. The number of hydrogen-bond donors (Lipinski definition) is 1. The van der Waals surface area contributed by atoms with Gasteiger partial charge in [-0.25, -0.2) is 9.78 Å². The highest BCUT2D eigenvalue weighted by molar-refractivity contribution is 5.97. The van der Waals surface area contributed by atoms with E-state index < -0.39 is 11.2 Å². The molecule has 2 aromatic heterocycles. The molecule has 0 aliphatic carbocycles. The van der Waals surface area contributed by atoms with Crippen molar-refractivity contribution >= 4 is 41.8 Å². The maximum Gasteiger partial charge on any atom is 0.332 e. The predicted molar refractivity (Wildman–Crippen MR) is 100 cm³/mol. The van der Waals surface area contributed by atoms with Crippen LogP contribution in [0.15, 0.2) is 21.9 Å². The second-order valence-corrected chi connectivity index (χ2v) is 5.85. The van der Waals surface area contributed by atoms with Gasteiger partial charge in [-0.2, -0.15) is 0 Å². The van der Waals surface area contributed by atoms with E-state index in [0.717, 1.165) is 17.7 Å². The summed E-state index contributed by atoms with van der Waals surface area (Å²) in [5, 5.41) is 3.50. The molecule has 0 saturated carbocycles. The Balaban J connectivity index is 0.00000156. The first-order valence-electron chi connectivity index (χ1n) is 7.49. The minimum Gasteiger partial charge on any atom is -0.333 e. The van der Waals surface area contributed by atoms with E-state index in [9.17, 15) is 14.4 Å². The smallest absolute Gasteiger partial charge is 0.332 e. The minimum atomic E-state index is -0.446. The third-order valence-corrected chi connectivity index (χ3v) is 4.30. The first kappa shape index (κ1) is 21.1. The van der Waals surface area contributed by atoms with Crippen molar-refractivity contribution in [1.82, 2.24) is 24.3 Å². The molecule has 1 aliphatic heterocycles. The summed E-state index contributed by atoms with van der Waals surface area (Å²) in [6.07, 6.45) is 1.43. The fourth-order valence-corrected chi connectivity index (χ4v) is 2.89. The third kappa shape index (κ3) is 3.56. The molecule has 1 amide bonds. The predicted octanol–water partition coefficient (Wildman–Crippen LogP) is -0.0903. The number of fused-ring (bicyclic) bond motifs is 1. The van der Waals surface area contributed by atoms with Gasteiger partial charge in [0.25, 0.3) is 11.5 Å². The van der Waals surface area contributed by atoms with E-state index in [1.807, 2.05) is 6.92 Å². The van der Waals surface area contributed by atoms with Gasteiger partial charge in [-0.1, -0.05) is 0 Å². The fraction of sp³-hybridized carbons (Fsp3) is 0.467. The fourth-order valence-electron chi connectivity index (χ4n) is 2.89. The second-order valence-electron chi connectivity index (χ2n) is 5.85. The lowest BCUT2D eigenvalue weighted by atomic mass is 10.1. The van der Waals surface area contributed by atoms with Gasteiger partial charge in [0.15, 0.2) is 0 Å². The Morgan fingerprint density at radius 2 is 1.92 bits per heavy atom. The van der Waals surface area contributed by atoms with Crippen LogP contribution in [-0.4, -0.2) is 50.6 Å². The van der Waals surface area contributed by atoms with Gasteiger partial charge < -0.3 is 10.2 Å². The van der Waals surface area contributed by atoms with Gasteiger partial charge in [0.05, 0.1) is 10.9 Å². The summed E-state index contributed by atoms with van der Waals surface area (Å²) in [7, 11) is 2.97. The second kappa shape index (κ2) is 7.99. The number of carbonyl (C=O) groups is 1. The number of nitrogens with zero attached hydrogens (tertiary/aromatic N) is 4. The standard InChI is InChI=1S/C15H19N5O3.2ClH/c1-9-7-16-4-5-20(9)13(21)10-6-11-12(17-8-10)18(2)15(23)19(3)14(11)22;;/h6,8-9,16H,4-5,7H2,1-3H3;2*1H. The molecular formula is C15H21Cl2N5O3. The highest BCUT2D eigenvalue weighted by atomic mass is 35.5. The molecule has 10 heteroatoms. The van der Waals surface area contributed by atoms with E-state index in [-0.39, 0.29) is 47.8 Å². The highest BCUT2D eigenvalue weighted by Gasteiger charge is 2.25. The van der Waals surface area contributed by atoms with Crippen LogP contribution in [0.25, 0.3) is 11.0 Å². The molecule has 8 nitrogen and oxygen atoms in total. The largest absolute Gasteiger partial charge is 0.333 e. The maximum atomic E-state index is 12.7. The van der Waals surface area contributed by atoms with Crippen molar-refractivity contribution in [3.63, 3.8) is 0 Å². The highest BCUT2D eigenvalue weighted by Crippen LogP contribution is 2.13. The van der Waals surface area contributed by atoms with Gasteiger partial charge in [-0.05, 0) is 13.0 Å². The molecule has 2 aromatic rings. The van der Waals surface area contributed by atoms with E-state index in [2.05, 4.69) is 10.3 Å². The number of aryl methyl sites for hydroxylation is 1. The molecule has 1 saturated heterocycles. The number of halogens is 2. The van der Waals surface area contributed by atoms with Gasteiger partial charge in [-0.3, -0.25) is 18.7 Å². The number of rotatable bonds is 1. The molecule has 0 radical (unpaired) electrons. The van der Waals surface area contributed by atoms with Crippen LogP contribution in [0.2, 0.25) is 0 Å². The van der Waals surface area contributed by atoms with E-state index >= 15 is 0 Å². The lowest BCUT2D eigenvalue weighted by Crippen LogP contribution is -2.52. The number of aromatic nitrogens is 3. The Morgan fingerprint density at radius 1 is 1.24 bits per heavy atom. The summed E-state index contributed by atoms with van der Waals surface area (Å²) >= 11 is 0. The summed E-state index contributed by atoms with van der Waals surface area (Å²) in [5.74, 6) is -0.149. The summed E-state index contributed by atoms with van der Waals surface area (Å²) < 4.78 is 2.32. The van der Waals surface area contributed by atoms with Crippen LogP contribution in [0.1, 0.15) is 17.3 Å². The Kier molecular flexibility index (Phi) is 6.75. The summed E-state index contributed by atoms with van der Waals surface area (Å²) in [4.78, 5) is 42.8. The Hall–Kier alpha value is -1.90. The van der Waals surface area contributed by atoms with Gasteiger partial charge in [-0.15, -0.1) is 24.8 Å². The molecule has 1 aliphatic rings. The zero-order valence-electron chi connectivity index (χ0n) is 14.2. The molecule has 3 rings (SSSR count). The lowest BCUT2D eigenvalue weighted by Gasteiger charge is -2.34. The Labute approximate surface area is 156 Å². The van der Waals surface area contributed by atoms with Crippen LogP contribution in [0.4, 0.5) is 0 Å². The molecular weight excluding hydrogens is 369 g/mol. The third-order valence-electron chi connectivity index (χ3n) is 4.30. The molecule has 138 valence electrons. The molecule has 1 fully saturated rings. The van der Waals surface area contributed by atoms with Crippen LogP contribution >= 0.6 is 24.8 Å². The lowest BCUT2D eigenvalue weighted by molar-refractivity contribution is 0.0655. The van der Waals surface area contributed by atoms with Crippen LogP contribution in [0.3, 0.4) is 0 Å². The SMILES string of the molecule is CC1CNCCN1C(=O)c1cnc2c(c1)c(=O)n(C)c(=O)n2C.Cl.Cl. The van der Waals surface area contributed by atoms with Crippen molar-refractivity contribution in [1.29, 1.82) is 0 Å². The first-order chi connectivity index (χ1) is 10.9. The number of pyridine rings is 1. The van der Waals surface area contributed by atoms with Crippen molar-refractivity contribution in [2.45, 2.75) is 13.0 Å². The summed E-state index contributed by atoms with van der Waals surface area (Å²) in [5.41, 5.74) is -0.242. The Bertz CT molecular complexity index is 908. The number of piperazine rings is 1. The van der Waals surface area contributed by atoms with Crippen LogP contribution in [0.5, 0.6) is 0 Å². The van der Waals surface area contributed by atoms with Gasteiger partial charge in [0.1, 0.15) is 5.65 Å². The molecule has 25 heavy (non-hydrogen) atoms. The summed E-state index contributed by atoms with van der Waals surface area (Å²) in [6, 6.07) is 1.61. The minimum absolute atomic E-state index is 0. The van der Waals surface area contributed by atoms with E-state index in [1.165, 1.54) is 23.9 Å². The number of hydrogen-bond acceptors (Lipinski definition) is 5. The molecule has 0 bridgehead atoms. The number of carbonyl (C=O) groups excluding carboxylic acids is 1. The van der Waals surface area contributed by atoms with Crippen molar-refractivity contribution in [2.75, 3.05) is 19.6 Å². The average molecular weight is 390 g/mol.